The van der Waals surface area contributed by atoms with Crippen LogP contribution in [0.1, 0.15) is 38.9 Å². The predicted octanol–water partition coefficient (Wildman–Crippen LogP) is 6.45. The highest BCUT2D eigenvalue weighted by Gasteiger charge is 2.23. The molecule has 0 saturated carbocycles. The van der Waals surface area contributed by atoms with E-state index < -0.39 is 5.91 Å². The van der Waals surface area contributed by atoms with Gasteiger partial charge >= 0.3 is 0 Å². The van der Waals surface area contributed by atoms with Crippen LogP contribution < -0.4 is 5.73 Å². The van der Waals surface area contributed by atoms with Gasteiger partial charge in [0.2, 0.25) is 5.90 Å². The maximum absolute atomic E-state index is 13.3. The van der Waals surface area contributed by atoms with Gasteiger partial charge in [-0.15, -0.1) is 0 Å². The molecule has 5 nitrogen and oxygen atoms in total. The lowest BCUT2D eigenvalue weighted by atomic mass is 9.99. The summed E-state index contributed by atoms with van der Waals surface area (Å²) in [5.41, 5.74) is 11.4. The predicted molar refractivity (Wildman–Crippen MR) is 141 cm³/mol. The van der Waals surface area contributed by atoms with Crippen molar-refractivity contribution in [2.75, 3.05) is 6.61 Å². The van der Waals surface area contributed by atoms with Gasteiger partial charge in [0, 0.05) is 17.4 Å². The van der Waals surface area contributed by atoms with Crippen LogP contribution in [0.15, 0.2) is 106 Å². The molecule has 1 atom stereocenters. The number of hydrogen-bond acceptors (Lipinski definition) is 4. The Morgan fingerprint density at radius 3 is 2.43 bits per heavy atom. The second-order valence-electron chi connectivity index (χ2n) is 9.03. The van der Waals surface area contributed by atoms with Gasteiger partial charge in [0.1, 0.15) is 29.8 Å². The van der Waals surface area contributed by atoms with Gasteiger partial charge in [-0.3, -0.25) is 4.79 Å². The first-order chi connectivity index (χ1) is 18.0. The van der Waals surface area contributed by atoms with E-state index in [4.69, 9.17) is 19.9 Å². The first-order valence-electron chi connectivity index (χ1n) is 12.0. The summed E-state index contributed by atoms with van der Waals surface area (Å²) in [6.45, 7) is 0.503. The third-order valence-electron chi connectivity index (χ3n) is 6.56. The molecule has 1 aromatic heterocycles. The number of aliphatic imine (C=N–C) groups is 1. The number of rotatable bonds is 6. The van der Waals surface area contributed by atoms with E-state index in [1.807, 2.05) is 60.7 Å². The molecule has 1 unspecified atom stereocenters. The Hall–Kier alpha value is -4.71. The summed E-state index contributed by atoms with van der Waals surface area (Å²) in [6.07, 6.45) is 0.331. The number of carbonyl (C=O) groups is 1. The highest BCUT2D eigenvalue weighted by Crippen LogP contribution is 2.33. The molecule has 1 aliphatic rings. The molecule has 1 amide bonds. The van der Waals surface area contributed by atoms with Crippen molar-refractivity contribution >= 4 is 22.8 Å². The topological polar surface area (TPSA) is 77.8 Å². The van der Waals surface area contributed by atoms with Gasteiger partial charge in [0.05, 0.1) is 5.56 Å². The minimum atomic E-state index is -0.567. The van der Waals surface area contributed by atoms with Crippen LogP contribution >= 0.6 is 0 Å². The third-order valence-corrected chi connectivity index (χ3v) is 6.56. The van der Waals surface area contributed by atoms with E-state index >= 15 is 0 Å². The smallest absolute Gasteiger partial charge is 0.252 e. The van der Waals surface area contributed by atoms with Crippen molar-refractivity contribution in [2.24, 2.45) is 10.7 Å². The number of nitrogens with two attached hydrogens (primary N) is 1. The summed E-state index contributed by atoms with van der Waals surface area (Å²) >= 11 is 0. The molecule has 1 aliphatic heterocycles. The summed E-state index contributed by atoms with van der Waals surface area (Å²) in [7, 11) is 0. The first-order valence-corrected chi connectivity index (χ1v) is 12.0. The van der Waals surface area contributed by atoms with Gasteiger partial charge in [-0.2, -0.15) is 0 Å². The second kappa shape index (κ2) is 9.39. The van der Waals surface area contributed by atoms with Gasteiger partial charge in [-0.05, 0) is 58.7 Å². The van der Waals surface area contributed by atoms with Crippen molar-refractivity contribution in [2.45, 2.75) is 12.5 Å². The van der Waals surface area contributed by atoms with Gasteiger partial charge in [0.15, 0.2) is 0 Å². The molecule has 2 heterocycles. The quantitative estimate of drug-likeness (QED) is 0.297. The van der Waals surface area contributed by atoms with Gasteiger partial charge < -0.3 is 14.9 Å². The van der Waals surface area contributed by atoms with Crippen molar-refractivity contribution < 1.29 is 18.3 Å². The summed E-state index contributed by atoms with van der Waals surface area (Å²) in [6, 6.07) is 29.8. The molecule has 0 fully saturated rings. The Balaban J connectivity index is 1.34. The summed E-state index contributed by atoms with van der Waals surface area (Å²) < 4.78 is 25.3. The third kappa shape index (κ3) is 4.49. The molecule has 182 valence electrons. The SMILES string of the molecule is NC(=O)c1c(Cc2ccc(F)cc2)oc2ccc(-c3cccc(C4=NC(c5ccccc5)CO4)c3)cc12. The maximum atomic E-state index is 13.3. The summed E-state index contributed by atoms with van der Waals surface area (Å²) in [5.74, 6) is 0.183. The molecule has 4 aromatic carbocycles. The van der Waals surface area contributed by atoms with Gasteiger partial charge in [-0.25, -0.2) is 9.38 Å². The van der Waals surface area contributed by atoms with E-state index in [2.05, 4.69) is 12.1 Å². The fraction of sp³-hybridized carbons (Fsp3) is 0.0968. The van der Waals surface area contributed by atoms with Crippen molar-refractivity contribution in [3.05, 3.63) is 131 Å². The monoisotopic (exact) mass is 490 g/mol. The van der Waals surface area contributed by atoms with Gasteiger partial charge in [0.25, 0.3) is 5.91 Å². The van der Waals surface area contributed by atoms with Crippen LogP contribution in [0.3, 0.4) is 0 Å². The number of furan rings is 1. The molecule has 0 saturated heterocycles. The van der Waals surface area contributed by atoms with Crippen LogP contribution in [0.4, 0.5) is 4.39 Å². The normalized spacial score (nSPS) is 14.9. The van der Waals surface area contributed by atoms with Crippen molar-refractivity contribution in [1.82, 2.24) is 0 Å². The van der Waals surface area contributed by atoms with E-state index in [1.54, 1.807) is 12.1 Å². The zero-order valence-electron chi connectivity index (χ0n) is 19.9. The molecule has 0 bridgehead atoms. The average molecular weight is 491 g/mol. The number of hydrogen-bond donors (Lipinski definition) is 1. The Kier molecular flexibility index (Phi) is 5.77. The lowest BCUT2D eigenvalue weighted by molar-refractivity contribution is 0.1000. The summed E-state index contributed by atoms with van der Waals surface area (Å²) in [4.78, 5) is 17.2. The van der Waals surface area contributed by atoms with Crippen LogP contribution in [0, 0.1) is 5.82 Å². The number of fused-ring (bicyclic) bond motifs is 1. The largest absolute Gasteiger partial charge is 0.475 e. The Labute approximate surface area is 213 Å². The fourth-order valence-electron chi connectivity index (χ4n) is 4.72. The van der Waals surface area contributed by atoms with Gasteiger partial charge in [-0.1, -0.05) is 60.7 Å². The molecule has 2 N–H and O–H groups in total. The number of carbonyl (C=O) groups excluding carboxylic acids is 1. The van der Waals surface area contributed by atoms with Crippen LogP contribution in [0.25, 0.3) is 22.1 Å². The lowest BCUT2D eigenvalue weighted by Crippen LogP contribution is -2.12. The van der Waals surface area contributed by atoms with E-state index in [-0.39, 0.29) is 11.9 Å². The van der Waals surface area contributed by atoms with Crippen LogP contribution in [-0.4, -0.2) is 18.4 Å². The number of primary amides is 1. The second-order valence-corrected chi connectivity index (χ2v) is 9.03. The van der Waals surface area contributed by atoms with Crippen molar-refractivity contribution in [3.8, 4) is 11.1 Å². The molecule has 5 aromatic rings. The average Bonchev–Trinajstić information content (AvgIpc) is 3.55. The number of amides is 1. The maximum Gasteiger partial charge on any atom is 0.252 e. The molecule has 6 heteroatoms. The molecule has 6 rings (SSSR count). The van der Waals surface area contributed by atoms with E-state index in [0.717, 1.165) is 27.8 Å². The molecular weight excluding hydrogens is 467 g/mol. The zero-order valence-corrected chi connectivity index (χ0v) is 19.9. The minimum Gasteiger partial charge on any atom is -0.475 e. The van der Waals surface area contributed by atoms with E-state index in [9.17, 15) is 9.18 Å². The number of ether oxygens (including phenoxy) is 1. The standard InChI is InChI=1S/C31H23FN2O3/c32-24-12-9-19(10-13-24)15-28-29(30(33)35)25-17-22(11-14-27(25)37-28)21-7-4-8-23(16-21)31-34-26(18-36-31)20-5-2-1-3-6-20/h1-14,16-17,26H,15,18H2,(H2,33,35). The highest BCUT2D eigenvalue weighted by atomic mass is 19.1. The van der Waals surface area contributed by atoms with Crippen molar-refractivity contribution in [3.63, 3.8) is 0 Å². The molecule has 0 radical (unpaired) electrons. The van der Waals surface area contributed by atoms with Crippen molar-refractivity contribution in [1.29, 1.82) is 0 Å². The molecule has 0 spiro atoms. The first kappa shape index (κ1) is 22.7. The van der Waals surface area contributed by atoms with E-state index in [0.29, 0.717) is 41.2 Å². The molecule has 37 heavy (non-hydrogen) atoms. The lowest BCUT2D eigenvalue weighted by Gasteiger charge is -2.06. The Morgan fingerprint density at radius 2 is 1.65 bits per heavy atom. The molecule has 0 aliphatic carbocycles. The minimum absolute atomic E-state index is 0.0280. The highest BCUT2D eigenvalue weighted by molar-refractivity contribution is 6.07. The number of halogens is 1. The Bertz CT molecular complexity index is 1640. The zero-order chi connectivity index (χ0) is 25.4. The van der Waals surface area contributed by atoms with Crippen LogP contribution in [-0.2, 0) is 11.2 Å². The van der Waals surface area contributed by atoms with E-state index in [1.165, 1.54) is 12.1 Å². The Morgan fingerprint density at radius 1 is 0.892 bits per heavy atom. The summed E-state index contributed by atoms with van der Waals surface area (Å²) in [5, 5.41) is 0.645. The number of nitrogens with zero attached hydrogens (tertiary/aromatic N) is 1. The number of benzene rings is 4. The van der Waals surface area contributed by atoms with Crippen LogP contribution in [0.2, 0.25) is 0 Å². The fourth-order valence-corrected chi connectivity index (χ4v) is 4.72. The molecular formula is C31H23FN2O3. The van der Waals surface area contributed by atoms with Crippen LogP contribution in [0.5, 0.6) is 0 Å².